The third-order valence-electron chi connectivity index (χ3n) is 3.02. The standard InChI is InChI=1S/C15H17O3P/c1-17-19(16,18-2)12-14-10-6-7-11-15(14)13-8-4-3-5-9-13/h3-11H,12H2,1-2H3. The molecule has 0 bridgehead atoms. The zero-order chi connectivity index (χ0) is 13.7. The lowest BCUT2D eigenvalue weighted by Gasteiger charge is -2.16. The van der Waals surface area contributed by atoms with Crippen molar-refractivity contribution < 1.29 is 13.6 Å². The Morgan fingerprint density at radius 3 is 2.11 bits per heavy atom. The second-order valence-electron chi connectivity index (χ2n) is 4.16. The van der Waals surface area contributed by atoms with Gasteiger partial charge in [-0.2, -0.15) is 0 Å². The van der Waals surface area contributed by atoms with E-state index >= 15 is 0 Å². The third kappa shape index (κ3) is 3.32. The molecule has 0 saturated heterocycles. The van der Waals surface area contributed by atoms with Crippen molar-refractivity contribution in [3.63, 3.8) is 0 Å². The fourth-order valence-corrected chi connectivity index (χ4v) is 3.07. The first-order valence-electron chi connectivity index (χ1n) is 6.02. The molecule has 0 aliphatic rings. The summed E-state index contributed by atoms with van der Waals surface area (Å²) in [4.78, 5) is 0. The second kappa shape index (κ2) is 6.16. The van der Waals surface area contributed by atoms with Crippen LogP contribution in [0.2, 0.25) is 0 Å². The molecule has 0 amide bonds. The van der Waals surface area contributed by atoms with Crippen molar-refractivity contribution in [3.05, 3.63) is 60.2 Å². The highest BCUT2D eigenvalue weighted by atomic mass is 31.2. The van der Waals surface area contributed by atoms with Crippen molar-refractivity contribution in [2.24, 2.45) is 0 Å². The quantitative estimate of drug-likeness (QED) is 0.762. The lowest BCUT2D eigenvalue weighted by atomic mass is 10.0. The van der Waals surface area contributed by atoms with E-state index in [2.05, 4.69) is 0 Å². The van der Waals surface area contributed by atoms with E-state index in [0.29, 0.717) is 0 Å². The third-order valence-corrected chi connectivity index (χ3v) is 4.86. The van der Waals surface area contributed by atoms with Crippen molar-refractivity contribution >= 4 is 7.60 Å². The number of rotatable bonds is 5. The van der Waals surface area contributed by atoms with Crippen molar-refractivity contribution in [1.82, 2.24) is 0 Å². The summed E-state index contributed by atoms with van der Waals surface area (Å²) in [6, 6.07) is 17.9. The molecule has 3 nitrogen and oxygen atoms in total. The van der Waals surface area contributed by atoms with Gasteiger partial charge in [-0.25, -0.2) is 0 Å². The molecule has 2 aromatic rings. The predicted molar refractivity (Wildman–Crippen MR) is 77.2 cm³/mol. The molecule has 0 spiro atoms. The van der Waals surface area contributed by atoms with Gasteiger partial charge in [-0.15, -0.1) is 0 Å². The average molecular weight is 276 g/mol. The van der Waals surface area contributed by atoms with Crippen LogP contribution in [0, 0.1) is 0 Å². The second-order valence-corrected chi connectivity index (χ2v) is 6.43. The molecule has 100 valence electrons. The number of hydrogen-bond acceptors (Lipinski definition) is 3. The molecule has 2 aromatic carbocycles. The molecule has 19 heavy (non-hydrogen) atoms. The van der Waals surface area contributed by atoms with Gasteiger partial charge in [0.2, 0.25) is 0 Å². The highest BCUT2D eigenvalue weighted by molar-refractivity contribution is 7.52. The summed E-state index contributed by atoms with van der Waals surface area (Å²) in [5, 5.41) is 0. The largest absolute Gasteiger partial charge is 0.334 e. The highest BCUT2D eigenvalue weighted by Crippen LogP contribution is 2.50. The Labute approximate surface area is 113 Å². The molecule has 0 radical (unpaired) electrons. The first kappa shape index (κ1) is 14.0. The van der Waals surface area contributed by atoms with Crippen LogP contribution in [-0.4, -0.2) is 14.2 Å². The minimum Gasteiger partial charge on any atom is -0.312 e. The Morgan fingerprint density at radius 2 is 1.47 bits per heavy atom. The van der Waals surface area contributed by atoms with Gasteiger partial charge in [-0.1, -0.05) is 54.6 Å². The van der Waals surface area contributed by atoms with Crippen LogP contribution in [0.25, 0.3) is 11.1 Å². The highest BCUT2D eigenvalue weighted by Gasteiger charge is 2.23. The Hall–Kier alpha value is -1.41. The Balaban J connectivity index is 2.40. The maximum atomic E-state index is 12.3. The summed E-state index contributed by atoms with van der Waals surface area (Å²) in [6.07, 6.45) is 0.269. The molecular formula is C15H17O3P. The number of hydrogen-bond donors (Lipinski definition) is 0. The van der Waals surface area contributed by atoms with E-state index in [1.165, 1.54) is 14.2 Å². The molecule has 2 rings (SSSR count). The molecule has 0 aliphatic heterocycles. The zero-order valence-corrected chi connectivity index (χ0v) is 12.0. The minimum absolute atomic E-state index is 0.269. The maximum absolute atomic E-state index is 12.3. The van der Waals surface area contributed by atoms with E-state index in [-0.39, 0.29) is 6.16 Å². The van der Waals surface area contributed by atoms with Crippen LogP contribution in [0.1, 0.15) is 5.56 Å². The van der Waals surface area contributed by atoms with Crippen molar-refractivity contribution in [2.75, 3.05) is 14.2 Å². The molecule has 0 atom stereocenters. The summed E-state index contributed by atoms with van der Waals surface area (Å²) >= 11 is 0. The van der Waals surface area contributed by atoms with Crippen molar-refractivity contribution in [1.29, 1.82) is 0 Å². The molecule has 0 saturated carbocycles. The van der Waals surface area contributed by atoms with Gasteiger partial charge in [0, 0.05) is 14.2 Å². The lowest BCUT2D eigenvalue weighted by Crippen LogP contribution is -1.95. The first-order valence-corrected chi connectivity index (χ1v) is 7.75. The van der Waals surface area contributed by atoms with Crippen molar-refractivity contribution in [2.45, 2.75) is 6.16 Å². The molecule has 0 unspecified atom stereocenters. The summed E-state index contributed by atoms with van der Waals surface area (Å²) < 4.78 is 22.3. The zero-order valence-electron chi connectivity index (χ0n) is 11.1. The monoisotopic (exact) mass is 276 g/mol. The molecule has 4 heteroatoms. The predicted octanol–water partition coefficient (Wildman–Crippen LogP) is 4.34. The fourth-order valence-electron chi connectivity index (χ4n) is 1.97. The van der Waals surface area contributed by atoms with Gasteiger partial charge >= 0.3 is 7.60 Å². The van der Waals surface area contributed by atoms with Gasteiger partial charge in [0.1, 0.15) is 0 Å². The SMILES string of the molecule is COP(=O)(Cc1ccccc1-c1ccccc1)OC. The Kier molecular flexibility index (Phi) is 4.54. The summed E-state index contributed by atoms with van der Waals surface area (Å²) in [5.74, 6) is 0. The molecule has 0 aromatic heterocycles. The van der Waals surface area contributed by atoms with Gasteiger partial charge in [0.15, 0.2) is 0 Å². The van der Waals surface area contributed by atoms with Gasteiger partial charge < -0.3 is 9.05 Å². The van der Waals surface area contributed by atoms with Gasteiger partial charge in [0.05, 0.1) is 6.16 Å². The molecule has 0 fully saturated rings. The van der Waals surface area contributed by atoms with E-state index in [0.717, 1.165) is 16.7 Å². The van der Waals surface area contributed by atoms with Crippen LogP contribution in [0.4, 0.5) is 0 Å². The first-order chi connectivity index (χ1) is 9.18. The van der Waals surface area contributed by atoms with Gasteiger partial charge in [-0.05, 0) is 16.7 Å². The molecule has 0 N–H and O–H groups in total. The van der Waals surface area contributed by atoms with E-state index < -0.39 is 7.60 Å². The van der Waals surface area contributed by atoms with E-state index in [1.54, 1.807) is 0 Å². The molecule has 0 aliphatic carbocycles. The van der Waals surface area contributed by atoms with E-state index in [9.17, 15) is 4.57 Å². The van der Waals surface area contributed by atoms with Gasteiger partial charge in [-0.3, -0.25) is 4.57 Å². The minimum atomic E-state index is -3.05. The van der Waals surface area contributed by atoms with Crippen LogP contribution in [0.3, 0.4) is 0 Å². The maximum Gasteiger partial charge on any atom is 0.334 e. The van der Waals surface area contributed by atoms with Crippen LogP contribution in [0.15, 0.2) is 54.6 Å². The van der Waals surface area contributed by atoms with Crippen LogP contribution < -0.4 is 0 Å². The average Bonchev–Trinajstić information content (AvgIpc) is 2.48. The Bertz CT molecular complexity index is 573. The van der Waals surface area contributed by atoms with E-state index in [4.69, 9.17) is 9.05 Å². The smallest absolute Gasteiger partial charge is 0.312 e. The summed E-state index contributed by atoms with van der Waals surface area (Å²) in [7, 11) is -0.226. The topological polar surface area (TPSA) is 35.5 Å². The van der Waals surface area contributed by atoms with E-state index in [1.807, 2.05) is 54.6 Å². The van der Waals surface area contributed by atoms with Gasteiger partial charge in [0.25, 0.3) is 0 Å². The fraction of sp³-hybridized carbons (Fsp3) is 0.200. The van der Waals surface area contributed by atoms with Crippen LogP contribution in [0.5, 0.6) is 0 Å². The van der Waals surface area contributed by atoms with Crippen LogP contribution in [-0.2, 0) is 19.8 Å². The number of benzene rings is 2. The molecule has 0 heterocycles. The summed E-state index contributed by atoms with van der Waals surface area (Å²) in [5.41, 5.74) is 3.11. The Morgan fingerprint density at radius 1 is 0.895 bits per heavy atom. The normalized spacial score (nSPS) is 11.5. The summed E-state index contributed by atoms with van der Waals surface area (Å²) in [6.45, 7) is 0. The lowest BCUT2D eigenvalue weighted by molar-refractivity contribution is 0.275. The molecular weight excluding hydrogens is 259 g/mol. The van der Waals surface area contributed by atoms with Crippen LogP contribution >= 0.6 is 7.60 Å². The van der Waals surface area contributed by atoms with Crippen molar-refractivity contribution in [3.8, 4) is 11.1 Å².